The van der Waals surface area contributed by atoms with Gasteiger partial charge in [-0.2, -0.15) is 0 Å². The average molecular weight is 214 g/mol. The number of amides is 2. The third-order valence-electron chi connectivity index (χ3n) is 2.35. The molecule has 1 atom stereocenters. The van der Waals surface area contributed by atoms with Crippen LogP contribution in [0.4, 0.5) is 4.79 Å². The van der Waals surface area contributed by atoms with E-state index in [9.17, 15) is 9.59 Å². The molecule has 0 aromatic rings. The van der Waals surface area contributed by atoms with E-state index in [0.29, 0.717) is 18.9 Å². The van der Waals surface area contributed by atoms with Crippen molar-refractivity contribution in [1.82, 2.24) is 10.2 Å². The molecule has 1 fully saturated rings. The highest BCUT2D eigenvalue weighted by molar-refractivity contribution is 5.77. The first kappa shape index (κ1) is 11.8. The van der Waals surface area contributed by atoms with Crippen molar-refractivity contribution in [2.45, 2.75) is 32.7 Å². The lowest BCUT2D eigenvalue weighted by Gasteiger charge is -2.16. The van der Waals surface area contributed by atoms with Gasteiger partial charge in [-0.15, -0.1) is 0 Å². The molecule has 5 heteroatoms. The van der Waals surface area contributed by atoms with Gasteiger partial charge in [-0.3, -0.25) is 4.79 Å². The van der Waals surface area contributed by atoms with Crippen LogP contribution >= 0.6 is 0 Å². The minimum atomic E-state index is -0.813. The Labute approximate surface area is 89.4 Å². The predicted octanol–water partition coefficient (Wildman–Crippen LogP) is 0.901. The molecule has 1 aliphatic rings. The smallest absolute Gasteiger partial charge is 0.317 e. The second-order valence-corrected chi connectivity index (χ2v) is 4.38. The quantitative estimate of drug-likeness (QED) is 0.714. The van der Waals surface area contributed by atoms with Crippen LogP contribution in [0.1, 0.15) is 26.7 Å². The Morgan fingerprint density at radius 1 is 1.67 bits per heavy atom. The van der Waals surface area contributed by atoms with Gasteiger partial charge in [0.1, 0.15) is 0 Å². The van der Waals surface area contributed by atoms with Crippen LogP contribution in [0, 0.1) is 5.92 Å². The lowest BCUT2D eigenvalue weighted by molar-refractivity contribution is -0.137. The van der Waals surface area contributed by atoms with Crippen LogP contribution in [0.25, 0.3) is 0 Å². The Kier molecular flexibility index (Phi) is 3.94. The molecular formula is C10H18N2O3. The Morgan fingerprint density at radius 2 is 2.33 bits per heavy atom. The zero-order chi connectivity index (χ0) is 11.4. The number of nitrogens with one attached hydrogen (secondary N) is 1. The first-order valence-corrected chi connectivity index (χ1v) is 5.26. The Bertz CT molecular complexity index is 253. The summed E-state index contributed by atoms with van der Waals surface area (Å²) in [6.07, 6.45) is 0.621. The Morgan fingerprint density at radius 3 is 2.87 bits per heavy atom. The zero-order valence-electron chi connectivity index (χ0n) is 9.19. The lowest BCUT2D eigenvalue weighted by atomic mass is 10.1. The molecule has 1 unspecified atom stereocenters. The molecule has 86 valence electrons. The van der Waals surface area contributed by atoms with Gasteiger partial charge in [0, 0.05) is 25.6 Å². The maximum absolute atomic E-state index is 11.4. The molecule has 1 rings (SSSR count). The van der Waals surface area contributed by atoms with Crippen molar-refractivity contribution in [2.75, 3.05) is 13.1 Å². The third-order valence-corrected chi connectivity index (χ3v) is 2.35. The number of hydrogen-bond acceptors (Lipinski definition) is 2. The van der Waals surface area contributed by atoms with Gasteiger partial charge in [0.15, 0.2) is 0 Å². The van der Waals surface area contributed by atoms with Crippen molar-refractivity contribution in [3.05, 3.63) is 0 Å². The molecule has 0 saturated carbocycles. The molecule has 0 aromatic heterocycles. The van der Waals surface area contributed by atoms with E-state index in [0.717, 1.165) is 6.54 Å². The van der Waals surface area contributed by atoms with Gasteiger partial charge in [-0.25, -0.2) is 4.79 Å². The maximum atomic E-state index is 11.4. The molecule has 1 saturated heterocycles. The van der Waals surface area contributed by atoms with Crippen molar-refractivity contribution in [1.29, 1.82) is 0 Å². The monoisotopic (exact) mass is 214 g/mol. The molecule has 5 nitrogen and oxygen atoms in total. The Balaban J connectivity index is 2.35. The van der Waals surface area contributed by atoms with Crippen molar-refractivity contribution >= 4 is 12.0 Å². The number of carbonyl (C=O) groups is 2. The van der Waals surface area contributed by atoms with Crippen LogP contribution in [-0.2, 0) is 4.79 Å². The first-order chi connectivity index (χ1) is 6.99. The van der Waals surface area contributed by atoms with Crippen molar-refractivity contribution in [2.24, 2.45) is 5.92 Å². The fraction of sp³-hybridized carbons (Fsp3) is 0.800. The molecule has 0 bridgehead atoms. The molecule has 0 radical (unpaired) electrons. The Hall–Kier alpha value is -1.26. The number of carboxylic acid groups (broad SMARTS) is 1. The minimum absolute atomic E-state index is 0.00708. The van der Waals surface area contributed by atoms with E-state index in [1.54, 1.807) is 4.90 Å². The van der Waals surface area contributed by atoms with Gasteiger partial charge in [-0.1, -0.05) is 13.8 Å². The summed E-state index contributed by atoms with van der Waals surface area (Å²) in [5, 5.41) is 11.3. The van der Waals surface area contributed by atoms with Crippen LogP contribution in [0.3, 0.4) is 0 Å². The van der Waals surface area contributed by atoms with Crippen molar-refractivity contribution in [3.8, 4) is 0 Å². The van der Waals surface area contributed by atoms with Crippen LogP contribution in [0.5, 0.6) is 0 Å². The molecule has 2 N–H and O–H groups in total. The SMILES string of the molecule is CC(C)CN1CC(CCC(=O)O)NC1=O. The van der Waals surface area contributed by atoms with Crippen LogP contribution < -0.4 is 5.32 Å². The summed E-state index contributed by atoms with van der Waals surface area (Å²) in [4.78, 5) is 23.5. The number of carboxylic acids is 1. The number of nitrogens with zero attached hydrogens (tertiary/aromatic N) is 1. The summed E-state index contributed by atoms with van der Waals surface area (Å²) < 4.78 is 0. The number of urea groups is 1. The van der Waals surface area contributed by atoms with Gasteiger partial charge in [0.05, 0.1) is 0 Å². The molecule has 1 aliphatic heterocycles. The zero-order valence-corrected chi connectivity index (χ0v) is 9.19. The number of rotatable bonds is 5. The van der Waals surface area contributed by atoms with E-state index >= 15 is 0 Å². The van der Waals surface area contributed by atoms with Gasteiger partial charge in [-0.05, 0) is 12.3 Å². The van der Waals surface area contributed by atoms with E-state index in [1.165, 1.54) is 0 Å². The summed E-state index contributed by atoms with van der Waals surface area (Å²) in [6, 6.07) is -0.0774. The highest BCUT2D eigenvalue weighted by Gasteiger charge is 2.28. The summed E-state index contributed by atoms with van der Waals surface area (Å²) in [5.74, 6) is -0.375. The van der Waals surface area contributed by atoms with E-state index in [2.05, 4.69) is 19.2 Å². The van der Waals surface area contributed by atoms with Crippen LogP contribution in [0.2, 0.25) is 0 Å². The maximum Gasteiger partial charge on any atom is 0.317 e. The van der Waals surface area contributed by atoms with E-state index in [4.69, 9.17) is 5.11 Å². The molecule has 0 aliphatic carbocycles. The summed E-state index contributed by atoms with van der Waals surface area (Å²) in [5.41, 5.74) is 0. The van der Waals surface area contributed by atoms with E-state index in [1.807, 2.05) is 0 Å². The minimum Gasteiger partial charge on any atom is -0.481 e. The first-order valence-electron chi connectivity index (χ1n) is 5.26. The average Bonchev–Trinajstić information content (AvgIpc) is 2.43. The molecule has 1 heterocycles. The van der Waals surface area contributed by atoms with Crippen LogP contribution in [-0.4, -0.2) is 41.1 Å². The summed E-state index contributed by atoms with van der Waals surface area (Å²) in [6.45, 7) is 5.47. The summed E-state index contributed by atoms with van der Waals surface area (Å²) in [7, 11) is 0. The molecule has 15 heavy (non-hydrogen) atoms. The molecular weight excluding hydrogens is 196 g/mol. The normalized spacial score (nSPS) is 20.9. The van der Waals surface area contributed by atoms with Crippen molar-refractivity contribution < 1.29 is 14.7 Å². The fourth-order valence-corrected chi connectivity index (χ4v) is 1.72. The second kappa shape index (κ2) is 5.00. The lowest BCUT2D eigenvalue weighted by Crippen LogP contribution is -2.31. The number of aliphatic carboxylic acids is 1. The van der Waals surface area contributed by atoms with Gasteiger partial charge in [0.25, 0.3) is 0 Å². The van der Waals surface area contributed by atoms with Crippen LogP contribution in [0.15, 0.2) is 0 Å². The van der Waals surface area contributed by atoms with E-state index < -0.39 is 5.97 Å². The van der Waals surface area contributed by atoms with Gasteiger partial charge < -0.3 is 15.3 Å². The largest absolute Gasteiger partial charge is 0.481 e. The van der Waals surface area contributed by atoms with Crippen molar-refractivity contribution in [3.63, 3.8) is 0 Å². The molecule has 0 spiro atoms. The fourth-order valence-electron chi connectivity index (χ4n) is 1.72. The third kappa shape index (κ3) is 3.77. The molecule has 0 aromatic carbocycles. The second-order valence-electron chi connectivity index (χ2n) is 4.38. The van der Waals surface area contributed by atoms with E-state index in [-0.39, 0.29) is 18.5 Å². The summed E-state index contributed by atoms with van der Waals surface area (Å²) >= 11 is 0. The highest BCUT2D eigenvalue weighted by Crippen LogP contribution is 2.11. The van der Waals surface area contributed by atoms with Gasteiger partial charge in [0.2, 0.25) is 0 Å². The number of hydrogen-bond donors (Lipinski definition) is 2. The van der Waals surface area contributed by atoms with Gasteiger partial charge >= 0.3 is 12.0 Å². The number of carbonyl (C=O) groups excluding carboxylic acids is 1. The highest BCUT2D eigenvalue weighted by atomic mass is 16.4. The molecule has 2 amide bonds. The topological polar surface area (TPSA) is 69.6 Å². The predicted molar refractivity (Wildman–Crippen MR) is 55.6 cm³/mol. The standard InChI is InChI=1S/C10H18N2O3/c1-7(2)5-12-6-8(11-10(12)15)3-4-9(13)14/h7-8H,3-6H2,1-2H3,(H,11,15)(H,13,14).